The molecular weight excluding hydrogens is 302 g/mol. The smallest absolute Gasteiger partial charge is 0.122 e. The molecule has 0 radical (unpaired) electrons. The number of aromatic nitrogens is 1. The van der Waals surface area contributed by atoms with Crippen molar-refractivity contribution in [2.45, 2.75) is 10.8 Å². The molecule has 1 heterocycles. The molecule has 0 amide bonds. The largest absolute Gasteiger partial charge is 0.384 e. The van der Waals surface area contributed by atoms with E-state index in [2.05, 4.69) is 23.2 Å². The molecule has 2 aromatic carbocycles. The molecule has 106 valence electrons. The van der Waals surface area contributed by atoms with Gasteiger partial charge in [-0.05, 0) is 23.8 Å². The molecule has 0 atom stereocenters. The summed E-state index contributed by atoms with van der Waals surface area (Å²) in [5.74, 6) is 0.802. The monoisotopic (exact) mass is 315 g/mol. The number of nitrogen functional groups attached to an aromatic ring is 1. The van der Waals surface area contributed by atoms with E-state index in [9.17, 15) is 0 Å². The van der Waals surface area contributed by atoms with E-state index in [1.54, 1.807) is 17.8 Å². The van der Waals surface area contributed by atoms with Crippen LogP contribution >= 0.6 is 23.4 Å². The first-order valence-corrected chi connectivity index (χ1v) is 7.83. The molecule has 3 aromatic rings. The van der Waals surface area contributed by atoms with Crippen molar-refractivity contribution in [3.8, 4) is 0 Å². The highest BCUT2D eigenvalue weighted by molar-refractivity contribution is 7.98. The fraction of sp³-hybridized carbons (Fsp3) is 0.0625. The number of benzene rings is 2. The van der Waals surface area contributed by atoms with Crippen LogP contribution in [0.1, 0.15) is 11.1 Å². The molecule has 5 heteroatoms. The summed E-state index contributed by atoms with van der Waals surface area (Å²) in [7, 11) is 0. The van der Waals surface area contributed by atoms with Gasteiger partial charge in [0.1, 0.15) is 5.84 Å². The average molecular weight is 316 g/mol. The van der Waals surface area contributed by atoms with Crippen LogP contribution in [0.25, 0.3) is 10.9 Å². The van der Waals surface area contributed by atoms with Crippen LogP contribution in [0.15, 0.2) is 53.6 Å². The van der Waals surface area contributed by atoms with Crippen LogP contribution < -0.4 is 5.73 Å². The van der Waals surface area contributed by atoms with Gasteiger partial charge in [0.05, 0.1) is 5.03 Å². The van der Waals surface area contributed by atoms with Crippen molar-refractivity contribution in [2.24, 2.45) is 5.73 Å². The zero-order chi connectivity index (χ0) is 14.8. The van der Waals surface area contributed by atoms with E-state index in [0.29, 0.717) is 10.6 Å². The number of aromatic amines is 1. The molecule has 0 saturated carbocycles. The first-order chi connectivity index (χ1) is 10.1. The number of hydrogen-bond donors (Lipinski definition) is 3. The average Bonchev–Trinajstić information content (AvgIpc) is 2.88. The molecule has 0 unspecified atom stereocenters. The van der Waals surface area contributed by atoms with Crippen LogP contribution in [-0.2, 0) is 5.75 Å². The fourth-order valence-corrected chi connectivity index (χ4v) is 3.39. The van der Waals surface area contributed by atoms with E-state index >= 15 is 0 Å². The lowest BCUT2D eigenvalue weighted by atomic mass is 10.1. The minimum absolute atomic E-state index is 0.0340. The number of nitrogens with one attached hydrogen (secondary N) is 2. The number of fused-ring (bicyclic) bond motifs is 1. The van der Waals surface area contributed by atoms with Gasteiger partial charge in [-0.3, -0.25) is 5.41 Å². The Bertz CT molecular complexity index is 777. The molecule has 1 aromatic heterocycles. The Morgan fingerprint density at radius 2 is 2.00 bits per heavy atom. The number of H-pyrrole nitrogens is 1. The number of thioether (sulfide) groups is 1. The van der Waals surface area contributed by atoms with Crippen LogP contribution in [0.5, 0.6) is 0 Å². The van der Waals surface area contributed by atoms with Crippen LogP contribution in [0, 0.1) is 5.41 Å². The van der Waals surface area contributed by atoms with E-state index < -0.39 is 0 Å². The third-order valence-corrected chi connectivity index (χ3v) is 4.59. The summed E-state index contributed by atoms with van der Waals surface area (Å²) >= 11 is 7.95. The first kappa shape index (κ1) is 14.0. The van der Waals surface area contributed by atoms with Gasteiger partial charge in [0.2, 0.25) is 0 Å². The number of hydrogen-bond acceptors (Lipinski definition) is 2. The Morgan fingerprint density at radius 3 is 2.71 bits per heavy atom. The highest BCUT2D eigenvalue weighted by atomic mass is 35.5. The number of nitrogens with two attached hydrogens (primary N) is 1. The fourth-order valence-electron chi connectivity index (χ4n) is 2.11. The van der Waals surface area contributed by atoms with Crippen LogP contribution in [0.3, 0.4) is 0 Å². The predicted molar refractivity (Wildman–Crippen MR) is 90.3 cm³/mol. The van der Waals surface area contributed by atoms with Gasteiger partial charge < -0.3 is 10.7 Å². The number of para-hydroxylation sites is 1. The van der Waals surface area contributed by atoms with Crippen molar-refractivity contribution in [3.63, 3.8) is 0 Å². The van der Waals surface area contributed by atoms with Crippen molar-refractivity contribution in [1.29, 1.82) is 5.41 Å². The lowest BCUT2D eigenvalue weighted by Crippen LogP contribution is -2.10. The molecule has 0 aliphatic carbocycles. The second-order valence-corrected chi connectivity index (χ2v) is 6.15. The molecule has 0 fully saturated rings. The summed E-state index contributed by atoms with van der Waals surface area (Å²) in [5, 5.41) is 10.4. The molecular formula is C16H14ClN3S. The van der Waals surface area contributed by atoms with Gasteiger partial charge in [0, 0.05) is 27.2 Å². The maximum Gasteiger partial charge on any atom is 0.122 e. The molecule has 4 N–H and O–H groups in total. The van der Waals surface area contributed by atoms with Gasteiger partial charge in [-0.25, -0.2) is 0 Å². The Kier molecular flexibility index (Phi) is 3.90. The minimum atomic E-state index is 0.0340. The molecule has 0 spiro atoms. The highest BCUT2D eigenvalue weighted by Crippen LogP contribution is 2.29. The van der Waals surface area contributed by atoms with Gasteiger partial charge in [0.25, 0.3) is 0 Å². The second kappa shape index (κ2) is 5.84. The van der Waals surface area contributed by atoms with Crippen molar-refractivity contribution < 1.29 is 0 Å². The molecule has 0 saturated heterocycles. The number of rotatable bonds is 4. The Balaban J connectivity index is 1.76. The summed E-state index contributed by atoms with van der Waals surface area (Å²) in [4.78, 5) is 3.38. The van der Waals surface area contributed by atoms with Crippen molar-refractivity contribution in [3.05, 3.63) is 64.7 Å². The Labute approximate surface area is 132 Å². The Hall–Kier alpha value is -1.91. The van der Waals surface area contributed by atoms with Crippen molar-refractivity contribution in [1.82, 2.24) is 4.98 Å². The van der Waals surface area contributed by atoms with Gasteiger partial charge in [-0.1, -0.05) is 41.9 Å². The van der Waals surface area contributed by atoms with Crippen molar-refractivity contribution >= 4 is 40.1 Å². The van der Waals surface area contributed by atoms with Crippen LogP contribution in [0.2, 0.25) is 5.02 Å². The van der Waals surface area contributed by atoms with E-state index in [1.165, 1.54) is 5.39 Å². The normalized spacial score (nSPS) is 10.9. The van der Waals surface area contributed by atoms with E-state index in [-0.39, 0.29) is 5.84 Å². The SMILES string of the molecule is N=C(N)c1ccc(CSc2cc3ccccc3[nH]2)c(Cl)c1. The molecule has 3 rings (SSSR count). The summed E-state index contributed by atoms with van der Waals surface area (Å²) in [6.07, 6.45) is 0. The van der Waals surface area contributed by atoms with E-state index in [1.807, 2.05) is 24.3 Å². The predicted octanol–water partition coefficient (Wildman–Crippen LogP) is 4.40. The first-order valence-electron chi connectivity index (χ1n) is 6.47. The summed E-state index contributed by atoms with van der Waals surface area (Å²) in [6, 6.07) is 15.8. The van der Waals surface area contributed by atoms with Gasteiger partial charge >= 0.3 is 0 Å². The summed E-state index contributed by atoms with van der Waals surface area (Å²) in [6.45, 7) is 0. The third-order valence-electron chi connectivity index (χ3n) is 3.25. The maximum atomic E-state index is 7.41. The molecule has 3 nitrogen and oxygen atoms in total. The lowest BCUT2D eigenvalue weighted by molar-refractivity contribution is 1.23. The number of amidine groups is 1. The second-order valence-electron chi connectivity index (χ2n) is 4.73. The van der Waals surface area contributed by atoms with Crippen LogP contribution in [-0.4, -0.2) is 10.8 Å². The maximum absolute atomic E-state index is 7.41. The third kappa shape index (κ3) is 3.06. The Morgan fingerprint density at radius 1 is 1.19 bits per heavy atom. The van der Waals surface area contributed by atoms with Gasteiger partial charge in [-0.2, -0.15) is 0 Å². The molecule has 0 aliphatic heterocycles. The molecule has 0 bridgehead atoms. The summed E-state index contributed by atoms with van der Waals surface area (Å²) < 4.78 is 0. The van der Waals surface area contributed by atoms with E-state index in [0.717, 1.165) is 21.9 Å². The quantitative estimate of drug-likeness (QED) is 0.379. The lowest BCUT2D eigenvalue weighted by Gasteiger charge is -2.05. The minimum Gasteiger partial charge on any atom is -0.384 e. The van der Waals surface area contributed by atoms with Gasteiger partial charge in [-0.15, -0.1) is 11.8 Å². The molecule has 21 heavy (non-hydrogen) atoms. The summed E-state index contributed by atoms with van der Waals surface area (Å²) in [5.41, 5.74) is 8.28. The van der Waals surface area contributed by atoms with Crippen molar-refractivity contribution in [2.75, 3.05) is 0 Å². The zero-order valence-corrected chi connectivity index (χ0v) is 12.8. The molecule has 0 aliphatic rings. The van der Waals surface area contributed by atoms with Crippen LogP contribution in [0.4, 0.5) is 0 Å². The standard InChI is InChI=1S/C16H14ClN3S/c17-13-7-11(16(18)19)5-6-12(13)9-21-15-8-10-3-1-2-4-14(10)20-15/h1-8,20H,9H2,(H3,18,19). The number of halogens is 1. The highest BCUT2D eigenvalue weighted by Gasteiger charge is 2.06. The topological polar surface area (TPSA) is 65.7 Å². The van der Waals surface area contributed by atoms with Gasteiger partial charge in [0.15, 0.2) is 0 Å². The van der Waals surface area contributed by atoms with E-state index in [4.69, 9.17) is 22.7 Å². The zero-order valence-electron chi connectivity index (χ0n) is 11.2.